The molecule has 0 amide bonds. The quantitative estimate of drug-likeness (QED) is 0.618. The molecule has 0 radical (unpaired) electrons. The monoisotopic (exact) mass is 386 g/mol. The number of Topliss-reactive ketones (excluding diaryl/α,β-unsaturated/α-hetero) is 3. The van der Waals surface area contributed by atoms with Gasteiger partial charge in [0.2, 0.25) is 0 Å². The van der Waals surface area contributed by atoms with Crippen molar-refractivity contribution in [2.75, 3.05) is 5.75 Å². The Morgan fingerprint density at radius 1 is 1.22 bits per heavy atom. The lowest BCUT2D eigenvalue weighted by atomic mass is 9.52. The van der Waals surface area contributed by atoms with Gasteiger partial charge in [0, 0.05) is 29.1 Å². The number of allylic oxidation sites excluding steroid dienone is 1. The van der Waals surface area contributed by atoms with Gasteiger partial charge in [-0.05, 0) is 32.4 Å². The van der Waals surface area contributed by atoms with Crippen LogP contribution in [0.3, 0.4) is 0 Å². The Labute approximate surface area is 164 Å². The molecule has 0 saturated heterocycles. The summed E-state index contributed by atoms with van der Waals surface area (Å²) in [5.74, 6) is -0.365. The zero-order chi connectivity index (χ0) is 19.8. The van der Waals surface area contributed by atoms with Crippen molar-refractivity contribution in [3.63, 3.8) is 0 Å². The van der Waals surface area contributed by atoms with E-state index in [1.54, 1.807) is 13.0 Å². The molecular formula is C22H26O4S. The summed E-state index contributed by atoms with van der Waals surface area (Å²) < 4.78 is 0. The second kappa shape index (κ2) is 7.36. The highest BCUT2D eigenvalue weighted by atomic mass is 32.2. The Kier molecular flexibility index (Phi) is 5.46. The van der Waals surface area contributed by atoms with Crippen LogP contribution in [0.25, 0.3) is 0 Å². The number of carbonyl (C=O) groups excluding carboxylic acids is 3. The zero-order valence-electron chi connectivity index (χ0n) is 16.0. The van der Waals surface area contributed by atoms with Crippen LogP contribution in [0.4, 0.5) is 0 Å². The Morgan fingerprint density at radius 2 is 1.89 bits per heavy atom. The van der Waals surface area contributed by atoms with Gasteiger partial charge in [-0.3, -0.25) is 14.4 Å². The Bertz CT molecular complexity index is 800. The molecule has 144 valence electrons. The van der Waals surface area contributed by atoms with Crippen molar-refractivity contribution in [3.05, 3.63) is 42.0 Å². The number of hydrogen-bond donors (Lipinski definition) is 1. The van der Waals surface area contributed by atoms with Crippen LogP contribution < -0.4 is 0 Å². The Hall–Kier alpha value is -1.72. The molecule has 2 aliphatic rings. The zero-order valence-corrected chi connectivity index (χ0v) is 16.8. The molecule has 1 fully saturated rings. The van der Waals surface area contributed by atoms with Crippen molar-refractivity contribution in [2.24, 2.45) is 16.7 Å². The summed E-state index contributed by atoms with van der Waals surface area (Å²) in [6.07, 6.45) is 1.38. The van der Waals surface area contributed by atoms with E-state index >= 15 is 0 Å². The molecule has 4 atom stereocenters. The SMILES string of the molecule is CC1=C[C@@H](O)C[C@H]2C(=O)[C@](C)(CC(=O)CSc3ccccc3)CC(=O)[C@@]12C. The highest BCUT2D eigenvalue weighted by Gasteiger charge is 2.58. The van der Waals surface area contributed by atoms with E-state index in [4.69, 9.17) is 0 Å². The lowest BCUT2D eigenvalue weighted by molar-refractivity contribution is -0.155. The molecular weight excluding hydrogens is 360 g/mol. The average Bonchev–Trinajstić information content (AvgIpc) is 2.62. The molecule has 27 heavy (non-hydrogen) atoms. The van der Waals surface area contributed by atoms with Gasteiger partial charge in [0.05, 0.1) is 17.3 Å². The lowest BCUT2D eigenvalue weighted by Gasteiger charge is -2.49. The first-order chi connectivity index (χ1) is 12.7. The van der Waals surface area contributed by atoms with Crippen LogP contribution in [0.2, 0.25) is 0 Å². The van der Waals surface area contributed by atoms with Crippen molar-refractivity contribution < 1.29 is 19.5 Å². The van der Waals surface area contributed by atoms with Crippen molar-refractivity contribution in [1.82, 2.24) is 0 Å². The number of ketones is 3. The number of fused-ring (bicyclic) bond motifs is 1. The first-order valence-electron chi connectivity index (χ1n) is 9.31. The van der Waals surface area contributed by atoms with Crippen LogP contribution in [-0.4, -0.2) is 34.3 Å². The molecule has 0 aromatic heterocycles. The largest absolute Gasteiger partial charge is 0.389 e. The van der Waals surface area contributed by atoms with Gasteiger partial charge in [-0.15, -0.1) is 11.8 Å². The molecule has 4 nitrogen and oxygen atoms in total. The highest BCUT2D eigenvalue weighted by Crippen LogP contribution is 2.53. The van der Waals surface area contributed by atoms with Gasteiger partial charge in [-0.2, -0.15) is 0 Å². The third-order valence-electron chi connectivity index (χ3n) is 6.21. The van der Waals surface area contributed by atoms with Gasteiger partial charge in [0.15, 0.2) is 0 Å². The molecule has 3 rings (SSSR count). The predicted molar refractivity (Wildman–Crippen MR) is 106 cm³/mol. The maximum atomic E-state index is 13.3. The van der Waals surface area contributed by atoms with E-state index in [-0.39, 0.29) is 42.4 Å². The third kappa shape index (κ3) is 3.67. The van der Waals surface area contributed by atoms with Crippen LogP contribution in [0.1, 0.15) is 40.0 Å². The Morgan fingerprint density at radius 3 is 2.56 bits per heavy atom. The van der Waals surface area contributed by atoms with E-state index in [1.165, 1.54) is 11.8 Å². The smallest absolute Gasteiger partial charge is 0.144 e. The summed E-state index contributed by atoms with van der Waals surface area (Å²) in [5.41, 5.74) is -1.07. The topological polar surface area (TPSA) is 71.4 Å². The molecule has 0 unspecified atom stereocenters. The summed E-state index contributed by atoms with van der Waals surface area (Å²) in [6, 6.07) is 9.65. The van der Waals surface area contributed by atoms with Gasteiger partial charge in [-0.1, -0.05) is 36.8 Å². The third-order valence-corrected chi connectivity index (χ3v) is 7.28. The summed E-state index contributed by atoms with van der Waals surface area (Å²) >= 11 is 1.45. The first kappa shape index (κ1) is 20.0. The standard InChI is InChI=1S/C22H26O4S/c1-14-9-15(23)10-18-20(26)21(2,12-19(25)22(14,18)3)11-16(24)13-27-17-7-5-4-6-8-17/h4-9,15,18,23H,10-13H2,1-3H3/t15-,18+,21-,22+/m1/s1. The van der Waals surface area contributed by atoms with Crippen molar-refractivity contribution in [2.45, 2.75) is 51.0 Å². The van der Waals surface area contributed by atoms with Crippen molar-refractivity contribution in [3.8, 4) is 0 Å². The van der Waals surface area contributed by atoms with E-state index in [9.17, 15) is 19.5 Å². The molecule has 0 spiro atoms. The summed E-state index contributed by atoms with van der Waals surface area (Å²) in [5, 5.41) is 10.1. The van der Waals surface area contributed by atoms with Gasteiger partial charge in [0.1, 0.15) is 17.3 Å². The fraction of sp³-hybridized carbons (Fsp3) is 0.500. The second-order valence-electron chi connectivity index (χ2n) is 8.25. The van der Waals surface area contributed by atoms with Crippen LogP contribution in [0.5, 0.6) is 0 Å². The number of benzene rings is 1. The minimum absolute atomic E-state index is 0.00115. The maximum absolute atomic E-state index is 13.3. The summed E-state index contributed by atoms with van der Waals surface area (Å²) in [6.45, 7) is 5.35. The maximum Gasteiger partial charge on any atom is 0.144 e. The summed E-state index contributed by atoms with van der Waals surface area (Å²) in [7, 11) is 0. The lowest BCUT2D eigenvalue weighted by Crippen LogP contribution is -2.56. The molecule has 1 saturated carbocycles. The number of thioether (sulfide) groups is 1. The first-order valence-corrected chi connectivity index (χ1v) is 10.3. The average molecular weight is 387 g/mol. The second-order valence-corrected chi connectivity index (χ2v) is 9.30. The molecule has 0 aliphatic heterocycles. The fourth-order valence-electron chi connectivity index (χ4n) is 4.43. The van der Waals surface area contributed by atoms with Crippen molar-refractivity contribution in [1.29, 1.82) is 0 Å². The van der Waals surface area contributed by atoms with E-state index in [1.807, 2.05) is 44.2 Å². The van der Waals surface area contributed by atoms with E-state index in [0.717, 1.165) is 10.5 Å². The van der Waals surface area contributed by atoms with Gasteiger partial charge >= 0.3 is 0 Å². The van der Waals surface area contributed by atoms with Crippen molar-refractivity contribution >= 4 is 29.1 Å². The van der Waals surface area contributed by atoms with Gasteiger partial charge in [0.25, 0.3) is 0 Å². The number of carbonyl (C=O) groups is 3. The fourth-order valence-corrected chi connectivity index (χ4v) is 5.21. The van der Waals surface area contributed by atoms with E-state index < -0.39 is 22.9 Å². The molecule has 2 aliphatic carbocycles. The number of aliphatic hydroxyl groups excluding tert-OH is 1. The molecule has 1 N–H and O–H groups in total. The van der Waals surface area contributed by atoms with Gasteiger partial charge < -0.3 is 5.11 Å². The van der Waals surface area contributed by atoms with Crippen LogP contribution in [-0.2, 0) is 14.4 Å². The van der Waals surface area contributed by atoms with Crippen LogP contribution in [0, 0.1) is 16.7 Å². The molecule has 5 heteroatoms. The van der Waals surface area contributed by atoms with E-state index in [0.29, 0.717) is 0 Å². The van der Waals surface area contributed by atoms with Crippen LogP contribution >= 0.6 is 11.8 Å². The Balaban J connectivity index is 1.74. The van der Waals surface area contributed by atoms with E-state index in [2.05, 4.69) is 0 Å². The predicted octanol–water partition coefficient (Wildman–Crippen LogP) is 3.62. The summed E-state index contributed by atoms with van der Waals surface area (Å²) in [4.78, 5) is 39.9. The molecule has 1 aromatic carbocycles. The molecule has 0 bridgehead atoms. The molecule has 1 aromatic rings. The molecule has 0 heterocycles. The number of hydrogen-bond acceptors (Lipinski definition) is 5. The minimum Gasteiger partial charge on any atom is -0.389 e. The normalized spacial score (nSPS) is 33.4. The number of rotatable bonds is 5. The highest BCUT2D eigenvalue weighted by molar-refractivity contribution is 8.00. The van der Waals surface area contributed by atoms with Crippen LogP contribution in [0.15, 0.2) is 46.9 Å². The van der Waals surface area contributed by atoms with Gasteiger partial charge in [-0.25, -0.2) is 0 Å². The minimum atomic E-state index is -0.979. The number of aliphatic hydroxyl groups is 1.